The minimum atomic E-state index is -1.12. The SMILES string of the molecule is CC(NCC1CCCO1)(C(=O)O)c1ccccc1Br. The fourth-order valence-corrected chi connectivity index (χ4v) is 2.96. The van der Waals surface area contributed by atoms with Gasteiger partial charge in [-0.3, -0.25) is 5.32 Å². The van der Waals surface area contributed by atoms with E-state index in [0.29, 0.717) is 6.54 Å². The van der Waals surface area contributed by atoms with Gasteiger partial charge in [-0.1, -0.05) is 34.1 Å². The maximum atomic E-state index is 11.7. The summed E-state index contributed by atoms with van der Waals surface area (Å²) in [6, 6.07) is 7.38. The third-order valence-electron chi connectivity index (χ3n) is 3.55. The molecule has 2 atom stereocenters. The summed E-state index contributed by atoms with van der Waals surface area (Å²) in [7, 11) is 0. The molecule has 5 heteroatoms. The maximum Gasteiger partial charge on any atom is 0.328 e. The topological polar surface area (TPSA) is 58.6 Å². The number of nitrogens with one attached hydrogen (secondary N) is 1. The Labute approximate surface area is 121 Å². The molecule has 1 aromatic rings. The summed E-state index contributed by atoms with van der Waals surface area (Å²) in [5, 5.41) is 12.7. The van der Waals surface area contributed by atoms with Gasteiger partial charge < -0.3 is 9.84 Å². The van der Waals surface area contributed by atoms with Gasteiger partial charge in [-0.05, 0) is 31.4 Å². The molecule has 104 valence electrons. The lowest BCUT2D eigenvalue weighted by atomic mass is 9.92. The number of aliphatic carboxylic acids is 1. The molecule has 4 nitrogen and oxygen atoms in total. The number of hydrogen-bond donors (Lipinski definition) is 2. The molecule has 2 rings (SSSR count). The zero-order chi connectivity index (χ0) is 13.9. The summed E-state index contributed by atoms with van der Waals surface area (Å²) in [5.41, 5.74) is -0.396. The van der Waals surface area contributed by atoms with E-state index in [1.807, 2.05) is 24.3 Å². The molecule has 2 N–H and O–H groups in total. The first-order valence-corrected chi connectivity index (χ1v) is 7.18. The molecule has 0 radical (unpaired) electrons. The molecule has 0 spiro atoms. The first-order chi connectivity index (χ1) is 9.04. The van der Waals surface area contributed by atoms with Gasteiger partial charge >= 0.3 is 5.97 Å². The Morgan fingerprint density at radius 1 is 1.58 bits per heavy atom. The normalized spacial score (nSPS) is 22.1. The van der Waals surface area contributed by atoms with Crippen molar-refractivity contribution >= 4 is 21.9 Å². The van der Waals surface area contributed by atoms with Crippen molar-refractivity contribution in [3.8, 4) is 0 Å². The summed E-state index contributed by atoms with van der Waals surface area (Å²) < 4.78 is 6.32. The molecule has 1 aliphatic heterocycles. The lowest BCUT2D eigenvalue weighted by Gasteiger charge is -2.29. The third kappa shape index (κ3) is 3.16. The molecule has 0 aromatic heterocycles. The van der Waals surface area contributed by atoms with Crippen molar-refractivity contribution in [3.05, 3.63) is 34.3 Å². The third-order valence-corrected chi connectivity index (χ3v) is 4.24. The van der Waals surface area contributed by atoms with E-state index >= 15 is 0 Å². The highest BCUT2D eigenvalue weighted by molar-refractivity contribution is 9.10. The molecule has 0 amide bonds. The molecule has 1 fully saturated rings. The van der Waals surface area contributed by atoms with E-state index < -0.39 is 11.5 Å². The van der Waals surface area contributed by atoms with Gasteiger partial charge in [0.25, 0.3) is 0 Å². The second kappa shape index (κ2) is 6.03. The van der Waals surface area contributed by atoms with Crippen LogP contribution >= 0.6 is 15.9 Å². The summed E-state index contributed by atoms with van der Waals surface area (Å²) in [5.74, 6) is -0.891. The highest BCUT2D eigenvalue weighted by Gasteiger charge is 2.37. The van der Waals surface area contributed by atoms with Crippen LogP contribution in [-0.2, 0) is 15.1 Å². The van der Waals surface area contributed by atoms with Crippen molar-refractivity contribution in [1.82, 2.24) is 5.32 Å². The highest BCUT2D eigenvalue weighted by Crippen LogP contribution is 2.29. The van der Waals surface area contributed by atoms with Crippen LogP contribution < -0.4 is 5.32 Å². The van der Waals surface area contributed by atoms with Gasteiger partial charge in [0, 0.05) is 17.6 Å². The standard InChI is InChI=1S/C14H18BrNO3/c1-14(13(17)18,11-6-2-3-7-12(11)15)16-9-10-5-4-8-19-10/h2-3,6-7,10,16H,4-5,8-9H2,1H3,(H,17,18). The molecule has 1 saturated heterocycles. The number of halogens is 1. The van der Waals surface area contributed by atoms with Gasteiger partial charge in [0.15, 0.2) is 0 Å². The number of ether oxygens (including phenoxy) is 1. The van der Waals surface area contributed by atoms with Gasteiger partial charge in [0.2, 0.25) is 0 Å². The van der Waals surface area contributed by atoms with Gasteiger partial charge in [0.05, 0.1) is 6.10 Å². The average molecular weight is 328 g/mol. The van der Waals surface area contributed by atoms with Crippen molar-refractivity contribution in [2.24, 2.45) is 0 Å². The Bertz CT molecular complexity index is 460. The lowest BCUT2D eigenvalue weighted by Crippen LogP contribution is -2.49. The van der Waals surface area contributed by atoms with E-state index in [9.17, 15) is 9.90 Å². The van der Waals surface area contributed by atoms with Crippen LogP contribution in [0, 0.1) is 0 Å². The minimum absolute atomic E-state index is 0.112. The molecule has 1 aliphatic rings. The lowest BCUT2D eigenvalue weighted by molar-refractivity contribution is -0.144. The van der Waals surface area contributed by atoms with Gasteiger partial charge in [-0.25, -0.2) is 4.79 Å². The van der Waals surface area contributed by atoms with Crippen LogP contribution in [0.5, 0.6) is 0 Å². The largest absolute Gasteiger partial charge is 0.480 e. The quantitative estimate of drug-likeness (QED) is 0.872. The van der Waals surface area contributed by atoms with Crippen LogP contribution in [0.1, 0.15) is 25.3 Å². The van der Waals surface area contributed by atoms with Crippen LogP contribution in [-0.4, -0.2) is 30.3 Å². The zero-order valence-corrected chi connectivity index (χ0v) is 12.4. The summed E-state index contributed by atoms with van der Waals surface area (Å²) in [6.07, 6.45) is 2.14. The molecule has 1 heterocycles. The van der Waals surface area contributed by atoms with Crippen molar-refractivity contribution < 1.29 is 14.6 Å². The predicted molar refractivity (Wildman–Crippen MR) is 76.1 cm³/mol. The fraction of sp³-hybridized carbons (Fsp3) is 0.500. The van der Waals surface area contributed by atoms with Gasteiger partial charge in [-0.15, -0.1) is 0 Å². The van der Waals surface area contributed by atoms with E-state index in [1.54, 1.807) is 6.92 Å². The molecule has 0 bridgehead atoms. The van der Waals surface area contributed by atoms with Crippen LogP contribution in [0.25, 0.3) is 0 Å². The number of hydrogen-bond acceptors (Lipinski definition) is 3. The summed E-state index contributed by atoms with van der Waals surface area (Å²) >= 11 is 3.42. The summed E-state index contributed by atoms with van der Waals surface area (Å²) in [6.45, 7) is 3.00. The Balaban J connectivity index is 2.17. The van der Waals surface area contributed by atoms with Crippen LogP contribution in [0.15, 0.2) is 28.7 Å². The maximum absolute atomic E-state index is 11.7. The molecular weight excluding hydrogens is 310 g/mol. The van der Waals surface area contributed by atoms with Crippen molar-refractivity contribution in [1.29, 1.82) is 0 Å². The predicted octanol–water partition coefficient (Wildman–Crippen LogP) is 2.52. The van der Waals surface area contributed by atoms with Crippen molar-refractivity contribution in [3.63, 3.8) is 0 Å². The number of carboxylic acid groups (broad SMARTS) is 1. The van der Waals surface area contributed by atoms with Crippen LogP contribution in [0.4, 0.5) is 0 Å². The molecule has 2 unspecified atom stereocenters. The van der Waals surface area contributed by atoms with Gasteiger partial charge in [0.1, 0.15) is 5.54 Å². The highest BCUT2D eigenvalue weighted by atomic mass is 79.9. The van der Waals surface area contributed by atoms with Crippen LogP contribution in [0.3, 0.4) is 0 Å². The Kier molecular flexibility index (Phi) is 4.60. The van der Waals surface area contributed by atoms with Crippen molar-refractivity contribution in [2.45, 2.75) is 31.4 Å². The van der Waals surface area contributed by atoms with E-state index in [1.165, 1.54) is 0 Å². The minimum Gasteiger partial charge on any atom is -0.480 e. The molecule has 0 aliphatic carbocycles. The molecule has 19 heavy (non-hydrogen) atoms. The Morgan fingerprint density at radius 2 is 2.32 bits per heavy atom. The molecule has 0 saturated carbocycles. The van der Waals surface area contributed by atoms with E-state index in [0.717, 1.165) is 29.5 Å². The average Bonchev–Trinajstić information content (AvgIpc) is 2.89. The molecule has 1 aromatic carbocycles. The second-order valence-electron chi connectivity index (χ2n) is 4.93. The number of benzene rings is 1. The summed E-state index contributed by atoms with van der Waals surface area (Å²) in [4.78, 5) is 11.7. The van der Waals surface area contributed by atoms with E-state index in [-0.39, 0.29) is 6.10 Å². The smallest absolute Gasteiger partial charge is 0.328 e. The number of rotatable bonds is 5. The number of carbonyl (C=O) groups is 1. The van der Waals surface area contributed by atoms with Crippen molar-refractivity contribution in [2.75, 3.05) is 13.2 Å². The monoisotopic (exact) mass is 327 g/mol. The molecular formula is C14H18BrNO3. The number of carboxylic acids is 1. The Hall–Kier alpha value is -0.910. The van der Waals surface area contributed by atoms with E-state index in [2.05, 4.69) is 21.2 Å². The Morgan fingerprint density at radius 3 is 2.89 bits per heavy atom. The van der Waals surface area contributed by atoms with Crippen LogP contribution in [0.2, 0.25) is 0 Å². The fourth-order valence-electron chi connectivity index (χ4n) is 2.28. The second-order valence-corrected chi connectivity index (χ2v) is 5.78. The zero-order valence-electron chi connectivity index (χ0n) is 10.9. The van der Waals surface area contributed by atoms with Gasteiger partial charge in [-0.2, -0.15) is 0 Å². The van der Waals surface area contributed by atoms with E-state index in [4.69, 9.17) is 4.74 Å². The first-order valence-electron chi connectivity index (χ1n) is 6.39. The first kappa shape index (κ1) is 14.5.